The van der Waals surface area contributed by atoms with Gasteiger partial charge in [-0.2, -0.15) is 0 Å². The van der Waals surface area contributed by atoms with Gasteiger partial charge in [-0.1, -0.05) is 12.8 Å². The minimum absolute atomic E-state index is 0.0576. The highest BCUT2D eigenvalue weighted by atomic mass is 19.1. The topological polar surface area (TPSA) is 61.4 Å². The summed E-state index contributed by atoms with van der Waals surface area (Å²) in [6.45, 7) is 0.419. The van der Waals surface area contributed by atoms with Crippen LogP contribution in [0, 0.1) is 5.82 Å². The highest BCUT2D eigenvalue weighted by Gasteiger charge is 2.32. The molecule has 1 atom stereocenters. The molecular weight excluding hydrogens is 285 g/mol. The maximum absolute atomic E-state index is 12.9. The lowest BCUT2D eigenvalue weighted by atomic mass is 10.2. The SMILES string of the molecule is O=C(NC1CCCC1)N[C@@H]1CC(=O)N(c2ccc(F)cc2)C1. The molecule has 1 saturated carbocycles. The Balaban J connectivity index is 1.55. The molecule has 2 fully saturated rings. The van der Waals surface area contributed by atoms with E-state index in [-0.39, 0.29) is 36.3 Å². The molecule has 2 aliphatic rings. The van der Waals surface area contributed by atoms with Gasteiger partial charge in [0.15, 0.2) is 0 Å². The van der Waals surface area contributed by atoms with E-state index in [1.807, 2.05) is 0 Å². The summed E-state index contributed by atoms with van der Waals surface area (Å²) in [4.78, 5) is 25.6. The molecule has 5 nitrogen and oxygen atoms in total. The van der Waals surface area contributed by atoms with Crippen molar-refractivity contribution < 1.29 is 14.0 Å². The molecule has 1 aliphatic heterocycles. The average Bonchev–Trinajstić information content (AvgIpc) is 3.10. The van der Waals surface area contributed by atoms with Crippen LogP contribution in [0.1, 0.15) is 32.1 Å². The molecule has 0 bridgehead atoms. The zero-order valence-corrected chi connectivity index (χ0v) is 12.3. The van der Waals surface area contributed by atoms with Gasteiger partial charge in [0.25, 0.3) is 0 Å². The predicted octanol–water partition coefficient (Wildman–Crippen LogP) is 2.17. The first-order valence-electron chi connectivity index (χ1n) is 7.75. The van der Waals surface area contributed by atoms with Crippen LogP contribution in [0.4, 0.5) is 14.9 Å². The summed E-state index contributed by atoms with van der Waals surface area (Å²) >= 11 is 0. The number of carbonyl (C=O) groups excluding carboxylic acids is 2. The van der Waals surface area contributed by atoms with Crippen molar-refractivity contribution in [2.45, 2.75) is 44.2 Å². The third kappa shape index (κ3) is 3.37. The smallest absolute Gasteiger partial charge is 0.315 e. The van der Waals surface area contributed by atoms with Crippen LogP contribution in [-0.2, 0) is 4.79 Å². The third-order valence-corrected chi connectivity index (χ3v) is 4.29. The van der Waals surface area contributed by atoms with Gasteiger partial charge in [0.1, 0.15) is 5.82 Å². The number of anilines is 1. The maximum Gasteiger partial charge on any atom is 0.315 e. The average molecular weight is 305 g/mol. The second-order valence-electron chi connectivity index (χ2n) is 5.98. The largest absolute Gasteiger partial charge is 0.335 e. The quantitative estimate of drug-likeness (QED) is 0.899. The molecule has 1 saturated heterocycles. The van der Waals surface area contributed by atoms with Crippen LogP contribution in [0.5, 0.6) is 0 Å². The molecule has 0 radical (unpaired) electrons. The summed E-state index contributed by atoms with van der Waals surface area (Å²) < 4.78 is 12.9. The Morgan fingerprint density at radius 1 is 1.09 bits per heavy atom. The monoisotopic (exact) mass is 305 g/mol. The van der Waals surface area contributed by atoms with Crippen LogP contribution in [-0.4, -0.2) is 30.6 Å². The molecular formula is C16H20FN3O2. The highest BCUT2D eigenvalue weighted by Crippen LogP contribution is 2.22. The Kier molecular flexibility index (Phi) is 4.27. The lowest BCUT2D eigenvalue weighted by Crippen LogP contribution is -2.46. The van der Waals surface area contributed by atoms with Crippen molar-refractivity contribution >= 4 is 17.6 Å². The fourth-order valence-electron chi connectivity index (χ4n) is 3.16. The van der Waals surface area contributed by atoms with Crippen molar-refractivity contribution in [2.75, 3.05) is 11.4 Å². The molecule has 3 rings (SSSR count). The second kappa shape index (κ2) is 6.34. The molecule has 0 unspecified atom stereocenters. The van der Waals surface area contributed by atoms with Gasteiger partial charge in [0.2, 0.25) is 5.91 Å². The van der Waals surface area contributed by atoms with Gasteiger partial charge < -0.3 is 15.5 Å². The predicted molar refractivity (Wildman–Crippen MR) is 81.1 cm³/mol. The van der Waals surface area contributed by atoms with Crippen molar-refractivity contribution in [2.24, 2.45) is 0 Å². The van der Waals surface area contributed by atoms with E-state index in [1.165, 1.54) is 12.1 Å². The Morgan fingerprint density at radius 3 is 2.41 bits per heavy atom. The number of rotatable bonds is 3. The summed E-state index contributed by atoms with van der Waals surface area (Å²) in [6, 6.07) is 5.66. The Labute approximate surface area is 128 Å². The molecule has 1 aromatic rings. The minimum Gasteiger partial charge on any atom is -0.335 e. The van der Waals surface area contributed by atoms with Crippen LogP contribution in [0.25, 0.3) is 0 Å². The lowest BCUT2D eigenvalue weighted by Gasteiger charge is -2.18. The molecule has 1 heterocycles. The first-order chi connectivity index (χ1) is 10.6. The number of amides is 3. The first kappa shape index (κ1) is 14.8. The lowest BCUT2D eigenvalue weighted by molar-refractivity contribution is -0.117. The number of carbonyl (C=O) groups is 2. The van der Waals surface area contributed by atoms with Gasteiger partial charge in [-0.15, -0.1) is 0 Å². The van der Waals surface area contributed by atoms with E-state index in [4.69, 9.17) is 0 Å². The summed E-state index contributed by atoms with van der Waals surface area (Å²) in [5.41, 5.74) is 0.659. The van der Waals surface area contributed by atoms with Crippen molar-refractivity contribution in [3.05, 3.63) is 30.1 Å². The molecule has 22 heavy (non-hydrogen) atoms. The highest BCUT2D eigenvalue weighted by molar-refractivity contribution is 5.96. The molecule has 0 spiro atoms. The van der Waals surface area contributed by atoms with E-state index in [1.54, 1.807) is 17.0 Å². The third-order valence-electron chi connectivity index (χ3n) is 4.29. The number of nitrogens with one attached hydrogen (secondary N) is 2. The number of hydrogen-bond acceptors (Lipinski definition) is 2. The van der Waals surface area contributed by atoms with E-state index < -0.39 is 0 Å². The number of benzene rings is 1. The van der Waals surface area contributed by atoms with Crippen molar-refractivity contribution in [3.63, 3.8) is 0 Å². The van der Waals surface area contributed by atoms with Gasteiger partial charge in [-0.25, -0.2) is 9.18 Å². The summed E-state index contributed by atoms with van der Waals surface area (Å²) in [7, 11) is 0. The Morgan fingerprint density at radius 2 is 1.73 bits per heavy atom. The fraction of sp³-hybridized carbons (Fsp3) is 0.500. The van der Waals surface area contributed by atoms with Crippen LogP contribution >= 0.6 is 0 Å². The van der Waals surface area contributed by atoms with Crippen LogP contribution < -0.4 is 15.5 Å². The van der Waals surface area contributed by atoms with Gasteiger partial charge in [-0.05, 0) is 37.1 Å². The molecule has 6 heteroatoms. The van der Waals surface area contributed by atoms with E-state index in [9.17, 15) is 14.0 Å². The molecule has 1 aromatic carbocycles. The second-order valence-corrected chi connectivity index (χ2v) is 5.98. The zero-order chi connectivity index (χ0) is 15.5. The van der Waals surface area contributed by atoms with E-state index >= 15 is 0 Å². The number of halogens is 1. The van der Waals surface area contributed by atoms with Crippen molar-refractivity contribution in [1.82, 2.24) is 10.6 Å². The molecule has 2 N–H and O–H groups in total. The Bertz CT molecular complexity index is 555. The van der Waals surface area contributed by atoms with Gasteiger partial charge in [-0.3, -0.25) is 4.79 Å². The van der Waals surface area contributed by atoms with Crippen LogP contribution in [0.2, 0.25) is 0 Å². The number of hydrogen-bond donors (Lipinski definition) is 2. The van der Waals surface area contributed by atoms with Gasteiger partial charge in [0, 0.05) is 24.7 Å². The molecule has 3 amide bonds. The molecule has 118 valence electrons. The normalized spacial score (nSPS) is 22.1. The maximum atomic E-state index is 12.9. The summed E-state index contributed by atoms with van der Waals surface area (Å²) in [5, 5.41) is 5.81. The van der Waals surface area contributed by atoms with Crippen molar-refractivity contribution in [3.8, 4) is 0 Å². The standard InChI is InChI=1S/C16H20FN3O2/c17-11-5-7-14(8-6-11)20-10-13(9-15(20)21)19-16(22)18-12-3-1-2-4-12/h5-8,12-13H,1-4,9-10H2,(H2,18,19,22)/t13-/m1/s1. The Hall–Kier alpha value is -2.11. The fourth-order valence-corrected chi connectivity index (χ4v) is 3.16. The van der Waals surface area contributed by atoms with Crippen molar-refractivity contribution in [1.29, 1.82) is 0 Å². The van der Waals surface area contributed by atoms with Crippen LogP contribution in [0.15, 0.2) is 24.3 Å². The van der Waals surface area contributed by atoms with E-state index in [0.29, 0.717) is 12.2 Å². The van der Waals surface area contributed by atoms with Gasteiger partial charge >= 0.3 is 6.03 Å². The van der Waals surface area contributed by atoms with E-state index in [0.717, 1.165) is 25.7 Å². The molecule has 1 aliphatic carbocycles. The van der Waals surface area contributed by atoms with E-state index in [2.05, 4.69) is 10.6 Å². The summed E-state index contributed by atoms with van der Waals surface area (Å²) in [5.74, 6) is -0.390. The summed E-state index contributed by atoms with van der Waals surface area (Å²) in [6.07, 6.45) is 4.64. The number of urea groups is 1. The zero-order valence-electron chi connectivity index (χ0n) is 12.3. The minimum atomic E-state index is -0.332. The molecule has 0 aromatic heterocycles. The first-order valence-corrected chi connectivity index (χ1v) is 7.75. The van der Waals surface area contributed by atoms with Crippen LogP contribution in [0.3, 0.4) is 0 Å². The van der Waals surface area contributed by atoms with Gasteiger partial charge in [0.05, 0.1) is 6.04 Å². The number of nitrogens with zero attached hydrogens (tertiary/aromatic N) is 1.